The summed E-state index contributed by atoms with van der Waals surface area (Å²) >= 11 is 0. The standard InChI is InChI=1S/C17H32O4Si/c1-9-20-16(18)14(2)11-10-12-15(19-6)13-21-22(7,8)17(3,4)5/h10-12,15H,9,13H2,1-8H3/b12-10+,14-11-/t15-/m1/s1. The van der Waals surface area contributed by atoms with Gasteiger partial charge in [-0.3, -0.25) is 0 Å². The molecular formula is C17H32O4Si. The molecule has 0 aromatic rings. The number of hydrogen-bond donors (Lipinski definition) is 0. The predicted octanol–water partition coefficient (Wildman–Crippen LogP) is 4.09. The van der Waals surface area contributed by atoms with Gasteiger partial charge in [0.25, 0.3) is 0 Å². The molecule has 0 aliphatic heterocycles. The highest BCUT2D eigenvalue weighted by Gasteiger charge is 2.37. The van der Waals surface area contributed by atoms with Crippen molar-refractivity contribution in [1.82, 2.24) is 0 Å². The zero-order valence-electron chi connectivity index (χ0n) is 15.4. The highest BCUT2D eigenvalue weighted by atomic mass is 28.4. The van der Waals surface area contributed by atoms with Crippen LogP contribution in [0, 0.1) is 0 Å². The third kappa shape index (κ3) is 7.38. The first kappa shape index (κ1) is 21.1. The van der Waals surface area contributed by atoms with Crippen LogP contribution < -0.4 is 0 Å². The van der Waals surface area contributed by atoms with Crippen LogP contribution in [-0.2, 0) is 18.7 Å². The van der Waals surface area contributed by atoms with E-state index in [0.29, 0.717) is 18.8 Å². The minimum atomic E-state index is -1.78. The predicted molar refractivity (Wildman–Crippen MR) is 93.5 cm³/mol. The lowest BCUT2D eigenvalue weighted by molar-refractivity contribution is -0.138. The number of carbonyl (C=O) groups excluding carboxylic acids is 1. The second-order valence-corrected chi connectivity index (χ2v) is 11.6. The number of ether oxygens (including phenoxy) is 2. The molecule has 128 valence electrons. The van der Waals surface area contributed by atoms with Crippen LogP contribution in [0.3, 0.4) is 0 Å². The minimum absolute atomic E-state index is 0.125. The Hall–Kier alpha value is -0.913. The summed E-state index contributed by atoms with van der Waals surface area (Å²) in [7, 11) is -0.118. The number of allylic oxidation sites excluding steroid dienone is 2. The molecule has 0 heterocycles. The molecule has 0 aromatic carbocycles. The van der Waals surface area contributed by atoms with Crippen molar-refractivity contribution in [3.63, 3.8) is 0 Å². The maximum atomic E-state index is 11.5. The molecule has 0 unspecified atom stereocenters. The molecule has 0 aliphatic carbocycles. The Labute approximate surface area is 136 Å². The van der Waals surface area contributed by atoms with Gasteiger partial charge < -0.3 is 13.9 Å². The lowest BCUT2D eigenvalue weighted by Gasteiger charge is -2.36. The molecule has 0 amide bonds. The second-order valence-electron chi connectivity index (χ2n) is 6.80. The van der Waals surface area contributed by atoms with Crippen LogP contribution in [0.4, 0.5) is 0 Å². The first-order valence-electron chi connectivity index (χ1n) is 7.74. The van der Waals surface area contributed by atoms with Gasteiger partial charge in [0.15, 0.2) is 8.32 Å². The molecule has 22 heavy (non-hydrogen) atoms. The van der Waals surface area contributed by atoms with Gasteiger partial charge in [-0.05, 0) is 32.0 Å². The number of rotatable bonds is 8. The Kier molecular flexibility index (Phi) is 8.89. The lowest BCUT2D eigenvalue weighted by Crippen LogP contribution is -2.42. The van der Waals surface area contributed by atoms with E-state index < -0.39 is 8.32 Å². The molecule has 0 N–H and O–H groups in total. The summed E-state index contributed by atoms with van der Waals surface area (Å²) in [5, 5.41) is 0.176. The summed E-state index contributed by atoms with van der Waals surface area (Å²) in [6.07, 6.45) is 5.32. The summed E-state index contributed by atoms with van der Waals surface area (Å²) in [6, 6.07) is 0. The van der Waals surface area contributed by atoms with E-state index in [0.717, 1.165) is 0 Å². The fraction of sp³-hybridized carbons (Fsp3) is 0.706. The van der Waals surface area contributed by atoms with Gasteiger partial charge >= 0.3 is 5.97 Å². The molecule has 0 rings (SSSR count). The molecular weight excluding hydrogens is 296 g/mol. The topological polar surface area (TPSA) is 44.8 Å². The van der Waals surface area contributed by atoms with Crippen molar-refractivity contribution in [1.29, 1.82) is 0 Å². The van der Waals surface area contributed by atoms with Crippen LogP contribution in [-0.4, -0.2) is 40.7 Å². The van der Waals surface area contributed by atoms with E-state index in [9.17, 15) is 4.79 Å². The minimum Gasteiger partial charge on any atom is -0.463 e. The Morgan fingerprint density at radius 1 is 1.27 bits per heavy atom. The normalized spacial score (nSPS) is 15.2. The smallest absolute Gasteiger partial charge is 0.333 e. The Bertz CT molecular complexity index is 405. The van der Waals surface area contributed by atoms with Crippen molar-refractivity contribution in [2.24, 2.45) is 0 Å². The number of hydrogen-bond acceptors (Lipinski definition) is 4. The van der Waals surface area contributed by atoms with Gasteiger partial charge in [-0.15, -0.1) is 0 Å². The van der Waals surface area contributed by atoms with Crippen molar-refractivity contribution >= 4 is 14.3 Å². The van der Waals surface area contributed by atoms with E-state index in [-0.39, 0.29) is 17.1 Å². The van der Waals surface area contributed by atoms with E-state index in [2.05, 4.69) is 33.9 Å². The van der Waals surface area contributed by atoms with Crippen LogP contribution in [0.1, 0.15) is 34.6 Å². The Morgan fingerprint density at radius 2 is 1.86 bits per heavy atom. The molecule has 0 fully saturated rings. The first-order valence-corrected chi connectivity index (χ1v) is 10.6. The third-order valence-corrected chi connectivity index (χ3v) is 8.49. The number of methoxy groups -OCH3 is 1. The van der Waals surface area contributed by atoms with Crippen LogP contribution in [0.25, 0.3) is 0 Å². The molecule has 0 aliphatic rings. The zero-order valence-corrected chi connectivity index (χ0v) is 16.4. The van der Waals surface area contributed by atoms with Crippen LogP contribution in [0.2, 0.25) is 18.1 Å². The summed E-state index contributed by atoms with van der Waals surface area (Å²) < 4.78 is 16.5. The van der Waals surface area contributed by atoms with Crippen LogP contribution in [0.15, 0.2) is 23.8 Å². The van der Waals surface area contributed by atoms with E-state index >= 15 is 0 Å². The van der Waals surface area contributed by atoms with Crippen molar-refractivity contribution in [2.75, 3.05) is 20.3 Å². The highest BCUT2D eigenvalue weighted by molar-refractivity contribution is 6.74. The second kappa shape index (κ2) is 9.28. The van der Waals surface area contributed by atoms with Crippen molar-refractivity contribution in [2.45, 2.75) is 58.9 Å². The van der Waals surface area contributed by atoms with E-state index in [1.54, 1.807) is 27.0 Å². The van der Waals surface area contributed by atoms with Gasteiger partial charge in [0.2, 0.25) is 0 Å². The first-order chi connectivity index (χ1) is 10.0. The molecule has 0 saturated heterocycles. The average molecular weight is 329 g/mol. The maximum absolute atomic E-state index is 11.5. The van der Waals surface area contributed by atoms with Crippen LogP contribution >= 0.6 is 0 Å². The van der Waals surface area contributed by atoms with Gasteiger partial charge in [0.05, 0.1) is 19.3 Å². The number of carbonyl (C=O) groups is 1. The molecule has 0 spiro atoms. The van der Waals surface area contributed by atoms with E-state index in [4.69, 9.17) is 13.9 Å². The monoisotopic (exact) mass is 328 g/mol. The largest absolute Gasteiger partial charge is 0.463 e. The van der Waals surface area contributed by atoms with Gasteiger partial charge in [0, 0.05) is 12.7 Å². The average Bonchev–Trinajstić information content (AvgIpc) is 2.41. The van der Waals surface area contributed by atoms with Gasteiger partial charge in [-0.25, -0.2) is 4.79 Å². The molecule has 0 bridgehead atoms. The summed E-state index contributed by atoms with van der Waals surface area (Å²) in [5.41, 5.74) is 0.568. The molecule has 0 radical (unpaired) electrons. The molecule has 1 atom stereocenters. The van der Waals surface area contributed by atoms with E-state index in [1.807, 2.05) is 12.2 Å². The fourth-order valence-electron chi connectivity index (χ4n) is 1.35. The van der Waals surface area contributed by atoms with E-state index in [1.165, 1.54) is 0 Å². The lowest BCUT2D eigenvalue weighted by atomic mass is 10.2. The fourth-order valence-corrected chi connectivity index (χ4v) is 2.36. The zero-order chi connectivity index (χ0) is 17.4. The Morgan fingerprint density at radius 3 is 2.32 bits per heavy atom. The third-order valence-electron chi connectivity index (χ3n) is 3.99. The summed E-state index contributed by atoms with van der Waals surface area (Å²) in [4.78, 5) is 11.5. The van der Waals surface area contributed by atoms with Gasteiger partial charge in [-0.1, -0.05) is 39.0 Å². The maximum Gasteiger partial charge on any atom is 0.333 e. The molecule has 5 heteroatoms. The summed E-state index contributed by atoms with van der Waals surface area (Å²) in [6.45, 7) is 15.5. The summed E-state index contributed by atoms with van der Waals surface area (Å²) in [5.74, 6) is -0.293. The molecule has 0 aromatic heterocycles. The van der Waals surface area contributed by atoms with Gasteiger partial charge in [0.1, 0.15) is 0 Å². The SMILES string of the molecule is CCOC(=O)/C(C)=C\C=C\[C@H](CO[Si](C)(C)C(C)(C)C)OC. The Balaban J connectivity index is 4.59. The molecule has 4 nitrogen and oxygen atoms in total. The quantitative estimate of drug-likeness (QED) is 0.291. The van der Waals surface area contributed by atoms with Gasteiger partial charge in [-0.2, -0.15) is 0 Å². The highest BCUT2D eigenvalue weighted by Crippen LogP contribution is 2.36. The van der Waals surface area contributed by atoms with Crippen molar-refractivity contribution in [3.8, 4) is 0 Å². The molecule has 0 saturated carbocycles. The van der Waals surface area contributed by atoms with Crippen molar-refractivity contribution < 1.29 is 18.7 Å². The van der Waals surface area contributed by atoms with Crippen LogP contribution in [0.5, 0.6) is 0 Å². The van der Waals surface area contributed by atoms with Crippen molar-refractivity contribution in [3.05, 3.63) is 23.8 Å². The number of esters is 1.